The second-order valence-corrected chi connectivity index (χ2v) is 7.38. The number of sulfonamides is 1. The van der Waals surface area contributed by atoms with E-state index in [0.717, 1.165) is 31.7 Å². The van der Waals surface area contributed by atoms with E-state index in [1.165, 1.54) is 12.1 Å². The molecule has 2 atom stereocenters. The lowest BCUT2D eigenvalue weighted by atomic mass is 9.87. The van der Waals surface area contributed by atoms with Crippen molar-refractivity contribution in [1.29, 1.82) is 0 Å². The number of nitrogens with one attached hydrogen (secondary N) is 1. The van der Waals surface area contributed by atoms with Crippen LogP contribution in [0, 0.1) is 23.0 Å². The predicted molar refractivity (Wildman–Crippen MR) is 79.6 cm³/mol. The second-order valence-electron chi connectivity index (χ2n) is 5.70. The number of nitrogens with zero attached hydrogens (tertiary/aromatic N) is 1. The smallest absolute Gasteiger partial charge is 0.258 e. The van der Waals surface area contributed by atoms with Gasteiger partial charge in [0.2, 0.25) is 10.0 Å². The highest BCUT2D eigenvalue weighted by molar-refractivity contribution is 7.89. The Kier molecular flexibility index (Phi) is 4.63. The van der Waals surface area contributed by atoms with Crippen LogP contribution in [0.3, 0.4) is 0 Å². The number of benzene rings is 1. The Morgan fingerprint density at radius 1 is 1.29 bits per heavy atom. The van der Waals surface area contributed by atoms with E-state index in [2.05, 4.69) is 4.72 Å². The molecule has 1 aromatic carbocycles. The molecule has 2 rings (SSSR count). The maximum Gasteiger partial charge on any atom is 0.270 e. The summed E-state index contributed by atoms with van der Waals surface area (Å²) in [5.74, 6) is 0.285. The van der Waals surface area contributed by atoms with E-state index in [1.807, 2.05) is 6.92 Å². The predicted octanol–water partition coefficient (Wildman–Crippen LogP) is 2.76. The molecule has 0 heterocycles. The van der Waals surface area contributed by atoms with E-state index in [9.17, 15) is 18.5 Å². The molecule has 7 heteroatoms. The van der Waals surface area contributed by atoms with Crippen molar-refractivity contribution in [2.45, 2.75) is 50.5 Å². The fourth-order valence-electron chi connectivity index (χ4n) is 2.75. The molecule has 0 aliphatic heterocycles. The molecule has 0 radical (unpaired) electrons. The number of hydrogen-bond donors (Lipinski definition) is 1. The van der Waals surface area contributed by atoms with Crippen molar-refractivity contribution in [3.05, 3.63) is 33.9 Å². The monoisotopic (exact) mass is 312 g/mol. The maximum absolute atomic E-state index is 12.5. The van der Waals surface area contributed by atoms with Gasteiger partial charge in [-0.3, -0.25) is 10.1 Å². The van der Waals surface area contributed by atoms with Crippen LogP contribution in [0.25, 0.3) is 0 Å². The maximum atomic E-state index is 12.5. The van der Waals surface area contributed by atoms with Crippen molar-refractivity contribution in [3.8, 4) is 0 Å². The molecule has 1 aliphatic carbocycles. The van der Waals surface area contributed by atoms with Gasteiger partial charge in [0.05, 0.1) is 9.82 Å². The van der Waals surface area contributed by atoms with Gasteiger partial charge in [0.25, 0.3) is 5.69 Å². The highest BCUT2D eigenvalue weighted by Crippen LogP contribution is 2.27. The average molecular weight is 312 g/mol. The first kappa shape index (κ1) is 15.9. The Hall–Kier alpha value is -1.47. The molecule has 0 spiro atoms. The van der Waals surface area contributed by atoms with Crippen LogP contribution in [-0.4, -0.2) is 19.4 Å². The van der Waals surface area contributed by atoms with Crippen LogP contribution in [-0.2, 0) is 10.0 Å². The second kappa shape index (κ2) is 6.11. The Bertz CT molecular complexity index is 642. The first-order valence-electron chi connectivity index (χ1n) is 7.08. The Balaban J connectivity index is 2.30. The zero-order chi connectivity index (χ0) is 15.6. The molecule has 0 amide bonds. The van der Waals surface area contributed by atoms with Crippen molar-refractivity contribution in [2.24, 2.45) is 5.92 Å². The van der Waals surface area contributed by atoms with Gasteiger partial charge in [-0.15, -0.1) is 0 Å². The molecule has 1 N–H and O–H groups in total. The quantitative estimate of drug-likeness (QED) is 0.684. The van der Waals surface area contributed by atoms with E-state index in [1.54, 1.807) is 6.92 Å². The van der Waals surface area contributed by atoms with Crippen molar-refractivity contribution in [3.63, 3.8) is 0 Å². The SMILES string of the molecule is Cc1ccc([N+](=O)[O-])cc1S(=O)(=O)N[C@H]1CCCC[C@H]1C. The van der Waals surface area contributed by atoms with Crippen LogP contribution < -0.4 is 4.72 Å². The Morgan fingerprint density at radius 3 is 2.57 bits per heavy atom. The van der Waals surface area contributed by atoms with Gasteiger partial charge in [0.15, 0.2) is 0 Å². The molecule has 6 nitrogen and oxygen atoms in total. The van der Waals surface area contributed by atoms with Crippen LogP contribution in [0.4, 0.5) is 5.69 Å². The molecule has 0 aromatic heterocycles. The van der Waals surface area contributed by atoms with E-state index < -0.39 is 14.9 Å². The van der Waals surface area contributed by atoms with E-state index in [0.29, 0.717) is 5.56 Å². The van der Waals surface area contributed by atoms with E-state index in [4.69, 9.17) is 0 Å². The van der Waals surface area contributed by atoms with Gasteiger partial charge < -0.3 is 0 Å². The highest BCUT2D eigenvalue weighted by atomic mass is 32.2. The van der Waals surface area contributed by atoms with Crippen LogP contribution in [0.5, 0.6) is 0 Å². The number of hydrogen-bond acceptors (Lipinski definition) is 4. The van der Waals surface area contributed by atoms with Crippen LogP contribution >= 0.6 is 0 Å². The minimum Gasteiger partial charge on any atom is -0.258 e. The zero-order valence-corrected chi connectivity index (χ0v) is 13.0. The summed E-state index contributed by atoms with van der Waals surface area (Å²) in [6.45, 7) is 3.68. The van der Waals surface area contributed by atoms with Crippen molar-refractivity contribution in [1.82, 2.24) is 4.72 Å². The average Bonchev–Trinajstić information content (AvgIpc) is 2.41. The number of rotatable bonds is 4. The molecule has 0 unspecified atom stereocenters. The minimum atomic E-state index is -3.73. The van der Waals surface area contributed by atoms with Crippen molar-refractivity contribution < 1.29 is 13.3 Å². The fraction of sp³-hybridized carbons (Fsp3) is 0.571. The summed E-state index contributed by atoms with van der Waals surface area (Å²) in [5.41, 5.74) is 0.300. The molecular formula is C14H20N2O4S. The number of non-ortho nitro benzene ring substituents is 1. The zero-order valence-electron chi connectivity index (χ0n) is 12.2. The van der Waals surface area contributed by atoms with Gasteiger partial charge in [-0.1, -0.05) is 25.8 Å². The molecule has 1 aliphatic rings. The van der Waals surface area contributed by atoms with Crippen LogP contribution in [0.15, 0.2) is 23.1 Å². The normalized spacial score (nSPS) is 23.0. The van der Waals surface area contributed by atoms with Gasteiger partial charge in [0.1, 0.15) is 0 Å². The molecule has 1 fully saturated rings. The summed E-state index contributed by atoms with van der Waals surface area (Å²) in [4.78, 5) is 10.2. The molecule has 1 saturated carbocycles. The highest BCUT2D eigenvalue weighted by Gasteiger charge is 2.28. The molecule has 21 heavy (non-hydrogen) atoms. The summed E-state index contributed by atoms with van der Waals surface area (Å²) >= 11 is 0. The molecule has 0 bridgehead atoms. The molecule has 0 saturated heterocycles. The number of nitro groups is 1. The topological polar surface area (TPSA) is 89.3 Å². The van der Waals surface area contributed by atoms with E-state index in [-0.39, 0.29) is 22.5 Å². The molecular weight excluding hydrogens is 292 g/mol. The van der Waals surface area contributed by atoms with Crippen LogP contribution in [0.2, 0.25) is 0 Å². The number of nitro benzene ring substituents is 1. The van der Waals surface area contributed by atoms with Gasteiger partial charge >= 0.3 is 0 Å². The summed E-state index contributed by atoms with van der Waals surface area (Å²) in [6, 6.07) is 3.82. The lowest BCUT2D eigenvalue weighted by Crippen LogP contribution is -2.41. The largest absolute Gasteiger partial charge is 0.270 e. The van der Waals surface area contributed by atoms with Gasteiger partial charge in [-0.2, -0.15) is 0 Å². The minimum absolute atomic E-state index is 0.00512. The third-order valence-corrected chi connectivity index (χ3v) is 5.72. The van der Waals surface area contributed by atoms with Gasteiger partial charge in [0, 0.05) is 18.2 Å². The third kappa shape index (κ3) is 3.59. The Labute approximate surface area is 124 Å². The summed E-state index contributed by atoms with van der Waals surface area (Å²) < 4.78 is 27.7. The lowest BCUT2D eigenvalue weighted by Gasteiger charge is -2.29. The van der Waals surface area contributed by atoms with E-state index >= 15 is 0 Å². The third-order valence-electron chi connectivity index (χ3n) is 4.09. The first-order chi connectivity index (χ1) is 9.81. The van der Waals surface area contributed by atoms with Gasteiger partial charge in [-0.05, 0) is 31.2 Å². The standard InChI is InChI=1S/C14H20N2O4S/c1-10-5-3-4-6-13(10)15-21(19,20)14-9-12(16(17)18)8-7-11(14)2/h7-10,13,15H,3-6H2,1-2H3/t10-,13+/m1/s1. The van der Waals surface area contributed by atoms with Gasteiger partial charge in [-0.25, -0.2) is 13.1 Å². The molecule has 116 valence electrons. The summed E-state index contributed by atoms with van der Waals surface area (Å²) in [6.07, 6.45) is 3.94. The van der Waals surface area contributed by atoms with Crippen molar-refractivity contribution in [2.75, 3.05) is 0 Å². The first-order valence-corrected chi connectivity index (χ1v) is 8.57. The lowest BCUT2D eigenvalue weighted by molar-refractivity contribution is -0.385. The summed E-state index contributed by atoms with van der Waals surface area (Å²) in [5, 5.41) is 10.8. The van der Waals surface area contributed by atoms with Crippen LogP contribution in [0.1, 0.15) is 38.2 Å². The fourth-order valence-corrected chi connectivity index (χ4v) is 4.39. The Morgan fingerprint density at radius 2 is 1.95 bits per heavy atom. The molecule has 1 aromatic rings. The van der Waals surface area contributed by atoms with Crippen molar-refractivity contribution >= 4 is 15.7 Å². The summed E-state index contributed by atoms with van der Waals surface area (Å²) in [7, 11) is -3.73. The number of aryl methyl sites for hydroxylation is 1.